The van der Waals surface area contributed by atoms with E-state index in [4.69, 9.17) is 21.1 Å². The summed E-state index contributed by atoms with van der Waals surface area (Å²) in [5.74, 6) is -1.54. The molecule has 10 nitrogen and oxygen atoms in total. The van der Waals surface area contributed by atoms with Crippen LogP contribution in [0.3, 0.4) is 0 Å². The van der Waals surface area contributed by atoms with Crippen LogP contribution in [-0.4, -0.2) is 60.4 Å². The van der Waals surface area contributed by atoms with E-state index >= 15 is 0 Å². The fourth-order valence-electron chi connectivity index (χ4n) is 6.20. The Kier molecular flexibility index (Phi) is 16.3. The molecule has 0 saturated heterocycles. The Morgan fingerprint density at radius 2 is 1.58 bits per heavy atom. The molecule has 0 N–H and O–H groups in total. The first-order valence-corrected chi connectivity index (χ1v) is 21.1. The van der Waals surface area contributed by atoms with Crippen LogP contribution in [0, 0.1) is 5.41 Å². The fourth-order valence-corrected chi connectivity index (χ4v) is 9.27. The van der Waals surface area contributed by atoms with Crippen molar-refractivity contribution in [3.05, 3.63) is 93.0 Å². The van der Waals surface area contributed by atoms with Crippen LogP contribution in [0.1, 0.15) is 59.4 Å². The second-order valence-corrected chi connectivity index (χ2v) is 15.5. The van der Waals surface area contributed by atoms with Gasteiger partial charge in [0, 0.05) is 41.5 Å². The molecule has 1 unspecified atom stereocenters. The minimum Gasteiger partial charge on any atom is -0.709 e. The molecule has 5 rings (SSSR count). The highest BCUT2D eigenvalue weighted by Crippen LogP contribution is 2.48. The van der Waals surface area contributed by atoms with E-state index in [2.05, 4.69) is 54.0 Å². The molecule has 1 aromatic heterocycles. The molecule has 2 heterocycles. The SMILES string of the molecule is CCN(CC)CC.CCOC(=O)C1(C(=O)OCC)CC(/C=C/c2sc3ccccc3[n+]2CS(=O)O[O-])=C(Cl)C(=C/C=C2/Sc3ccccc3N2CC)/C1. The summed E-state index contributed by atoms with van der Waals surface area (Å²) >= 11 is 8.03. The first-order valence-electron chi connectivity index (χ1n) is 17.8. The number of para-hydroxylation sites is 2. The maximum absolute atomic E-state index is 13.6. The highest BCUT2D eigenvalue weighted by atomic mass is 35.5. The number of thioether (sulfide) groups is 1. The van der Waals surface area contributed by atoms with Crippen LogP contribution in [0.25, 0.3) is 16.3 Å². The fraction of sp³-hybridized carbons (Fsp3) is 0.410. The normalized spacial score (nSPS) is 17.4. The highest BCUT2D eigenvalue weighted by molar-refractivity contribution is 8.03. The molecule has 0 amide bonds. The number of esters is 2. The monoisotopic (exact) mass is 801 g/mol. The largest absolute Gasteiger partial charge is 0.709 e. The molecule has 2 aliphatic rings. The van der Waals surface area contributed by atoms with Crippen LogP contribution >= 0.6 is 34.7 Å². The van der Waals surface area contributed by atoms with Gasteiger partial charge in [-0.1, -0.05) is 85.8 Å². The predicted octanol–water partition coefficient (Wildman–Crippen LogP) is 7.26. The molecule has 2 aromatic carbocycles. The summed E-state index contributed by atoms with van der Waals surface area (Å²) in [4.78, 5) is 32.9. The lowest BCUT2D eigenvalue weighted by molar-refractivity contribution is -0.662. The van der Waals surface area contributed by atoms with E-state index in [-0.39, 0.29) is 31.9 Å². The second-order valence-electron chi connectivity index (χ2n) is 12.0. The van der Waals surface area contributed by atoms with Crippen molar-refractivity contribution in [3.8, 4) is 0 Å². The van der Waals surface area contributed by atoms with Crippen molar-refractivity contribution in [2.24, 2.45) is 5.41 Å². The van der Waals surface area contributed by atoms with Gasteiger partial charge in [0.25, 0.3) is 5.01 Å². The molecule has 0 radical (unpaired) electrons. The molecule has 1 atom stereocenters. The van der Waals surface area contributed by atoms with E-state index in [1.807, 2.05) is 48.6 Å². The van der Waals surface area contributed by atoms with Gasteiger partial charge in [-0.05, 0) is 81.9 Å². The van der Waals surface area contributed by atoms with Gasteiger partial charge in [0.2, 0.25) is 22.5 Å². The lowest BCUT2D eigenvalue weighted by Crippen LogP contribution is -2.44. The number of nitrogens with zero attached hydrogens (tertiary/aromatic N) is 3. The lowest BCUT2D eigenvalue weighted by Gasteiger charge is -2.34. The summed E-state index contributed by atoms with van der Waals surface area (Å²) in [5.41, 5.74) is 1.34. The van der Waals surface area contributed by atoms with Gasteiger partial charge in [-0.25, -0.2) is 4.21 Å². The minimum absolute atomic E-state index is 0.00291. The molecule has 14 heteroatoms. The van der Waals surface area contributed by atoms with Gasteiger partial charge >= 0.3 is 11.9 Å². The average Bonchev–Trinajstić information content (AvgIpc) is 3.72. The number of benzene rings is 2. The Morgan fingerprint density at radius 1 is 0.943 bits per heavy atom. The van der Waals surface area contributed by atoms with Gasteiger partial charge in [0.1, 0.15) is 4.70 Å². The van der Waals surface area contributed by atoms with Crippen molar-refractivity contribution >= 4 is 79.7 Å². The number of aromatic nitrogens is 1. The highest BCUT2D eigenvalue weighted by Gasteiger charge is 2.52. The molecule has 53 heavy (non-hydrogen) atoms. The van der Waals surface area contributed by atoms with Crippen LogP contribution < -0.4 is 14.7 Å². The Hall–Kier alpha value is -3.30. The van der Waals surface area contributed by atoms with Gasteiger partial charge < -0.3 is 28.9 Å². The average molecular weight is 802 g/mol. The lowest BCUT2D eigenvalue weighted by atomic mass is 9.71. The van der Waals surface area contributed by atoms with Crippen LogP contribution in [0.2, 0.25) is 0 Å². The zero-order valence-electron chi connectivity index (χ0n) is 31.1. The standard InChI is InChI=1S/C33H33ClN2O7S3.C6H15N/c1-4-35-24-11-7-9-13-26(24)44-28(35)17-15-22-19-33(31(37)41-5-2,32(38)42-6-3)20-23(30(22)34)16-18-29-36(21-46(40)43-39)25-12-8-10-14-27(25)45-29;1-4-7(5-2)6-3/h7-18H,4-6,19-21H2,1-3H3;4-6H2,1-3H3. The molecule has 286 valence electrons. The molecular formula is C39H48ClN3O7S3. The number of hydrogen-bond donors (Lipinski definition) is 0. The molecular weight excluding hydrogens is 754 g/mol. The van der Waals surface area contributed by atoms with Gasteiger partial charge in [-0.3, -0.25) is 9.59 Å². The van der Waals surface area contributed by atoms with E-state index in [9.17, 15) is 19.1 Å². The molecule has 0 spiro atoms. The van der Waals surface area contributed by atoms with Crippen molar-refractivity contribution in [1.82, 2.24) is 4.90 Å². The number of thiazole rings is 1. The van der Waals surface area contributed by atoms with E-state index in [1.54, 1.807) is 42.3 Å². The summed E-state index contributed by atoms with van der Waals surface area (Å²) in [6.07, 6.45) is 7.28. The summed E-state index contributed by atoms with van der Waals surface area (Å²) in [7, 11) is 0. The molecule has 0 bridgehead atoms. The van der Waals surface area contributed by atoms with E-state index in [0.29, 0.717) is 21.2 Å². The number of halogens is 1. The van der Waals surface area contributed by atoms with Crippen molar-refractivity contribution in [1.29, 1.82) is 0 Å². The van der Waals surface area contributed by atoms with Gasteiger partial charge in [0.15, 0.2) is 5.41 Å². The number of carbonyl (C=O) groups is 2. The van der Waals surface area contributed by atoms with E-state index in [0.717, 1.165) is 32.4 Å². The van der Waals surface area contributed by atoms with E-state index < -0.39 is 28.4 Å². The molecule has 0 fully saturated rings. The Bertz CT molecular complexity index is 1880. The third kappa shape index (κ3) is 10.1. The number of allylic oxidation sites excluding steroid dienone is 6. The van der Waals surface area contributed by atoms with Crippen molar-refractivity contribution in [3.63, 3.8) is 0 Å². The van der Waals surface area contributed by atoms with Crippen LogP contribution in [0.5, 0.6) is 0 Å². The number of ether oxygens (including phenoxy) is 2. The molecule has 1 aliphatic heterocycles. The van der Waals surface area contributed by atoms with Crippen LogP contribution in [-0.2, 0) is 40.4 Å². The number of anilines is 1. The first kappa shape index (κ1) is 42.4. The van der Waals surface area contributed by atoms with Gasteiger partial charge in [0.05, 0.1) is 23.9 Å². The number of carbonyl (C=O) groups excluding carboxylic acids is 2. The number of fused-ring (bicyclic) bond motifs is 2. The molecule has 0 saturated carbocycles. The van der Waals surface area contributed by atoms with E-state index in [1.165, 1.54) is 31.0 Å². The summed E-state index contributed by atoms with van der Waals surface area (Å²) in [6.45, 7) is 16.5. The van der Waals surface area contributed by atoms with Gasteiger partial charge in [-0.2, -0.15) is 4.57 Å². The molecule has 3 aromatic rings. The van der Waals surface area contributed by atoms with Crippen LogP contribution in [0.4, 0.5) is 5.69 Å². The smallest absolute Gasteiger partial charge is 0.324 e. The van der Waals surface area contributed by atoms with Crippen molar-refractivity contribution in [2.45, 2.75) is 65.2 Å². The Balaban J connectivity index is 0.000000815. The second kappa shape index (κ2) is 20.4. The number of rotatable bonds is 14. The zero-order chi connectivity index (χ0) is 38.5. The maximum Gasteiger partial charge on any atom is 0.324 e. The topological polar surface area (TPSA) is 112 Å². The predicted molar refractivity (Wildman–Crippen MR) is 213 cm³/mol. The quantitative estimate of drug-likeness (QED) is 0.0543. The minimum atomic E-state index is -2.10. The summed E-state index contributed by atoms with van der Waals surface area (Å²) in [6, 6.07) is 15.7. The molecule has 1 aliphatic carbocycles. The Labute approximate surface area is 328 Å². The summed E-state index contributed by atoms with van der Waals surface area (Å²) < 4.78 is 29.5. The maximum atomic E-state index is 13.6. The first-order chi connectivity index (χ1) is 25.6. The Morgan fingerprint density at radius 3 is 2.19 bits per heavy atom. The van der Waals surface area contributed by atoms with Crippen LogP contribution in [0.15, 0.2) is 92.9 Å². The zero-order valence-corrected chi connectivity index (χ0v) is 34.3. The summed E-state index contributed by atoms with van der Waals surface area (Å²) in [5, 5.41) is 13.0. The van der Waals surface area contributed by atoms with Crippen molar-refractivity contribution < 1.29 is 37.4 Å². The third-order valence-corrected chi connectivity index (χ3v) is 12.3. The third-order valence-electron chi connectivity index (χ3n) is 8.98. The van der Waals surface area contributed by atoms with Gasteiger partial charge in [-0.15, -0.1) is 0 Å². The van der Waals surface area contributed by atoms with Crippen molar-refractivity contribution in [2.75, 3.05) is 44.3 Å². The number of hydrogen-bond acceptors (Lipinski definition) is 11.